The minimum absolute atomic E-state index is 0.354. The fourth-order valence-electron chi connectivity index (χ4n) is 4.49. The van der Waals surface area contributed by atoms with Gasteiger partial charge < -0.3 is 14.2 Å². The van der Waals surface area contributed by atoms with Gasteiger partial charge >= 0.3 is 0 Å². The van der Waals surface area contributed by atoms with Crippen LogP contribution in [0, 0.1) is 20.8 Å². The maximum atomic E-state index is 11.9. The molecule has 0 radical (unpaired) electrons. The highest BCUT2D eigenvalue weighted by molar-refractivity contribution is 9.11. The second kappa shape index (κ2) is 11.5. The molecular weight excluding hydrogens is 634 g/mol. The van der Waals surface area contributed by atoms with Crippen LogP contribution in [-0.4, -0.2) is 30.0 Å². The van der Waals surface area contributed by atoms with Crippen LogP contribution in [-0.2, 0) is 11.2 Å². The summed E-state index contributed by atoms with van der Waals surface area (Å²) >= 11 is 8.08. The molecule has 1 atom stereocenters. The normalized spacial score (nSPS) is 19.6. The van der Waals surface area contributed by atoms with Crippen LogP contribution in [0.3, 0.4) is 0 Å². The number of ether oxygens (including phenoxy) is 3. The number of thioether (sulfide) groups is 1. The zero-order valence-electron chi connectivity index (χ0n) is 22.3. The molecule has 9 heteroatoms. The summed E-state index contributed by atoms with van der Waals surface area (Å²) in [5.41, 5.74) is 6.01. The number of hydrogen-bond acceptors (Lipinski definition) is 6. The number of rotatable bonds is 7. The number of halogens is 2. The lowest BCUT2D eigenvalue weighted by Crippen LogP contribution is -2.42. The number of carbonyl (C=O) groups excluding carboxylic acids is 2. The molecule has 38 heavy (non-hydrogen) atoms. The number of amides is 2. The topological polar surface area (TPSA) is 73.9 Å². The highest BCUT2D eigenvalue weighted by Gasteiger charge is 2.36. The van der Waals surface area contributed by atoms with E-state index >= 15 is 0 Å². The first-order chi connectivity index (χ1) is 17.9. The van der Waals surface area contributed by atoms with E-state index in [-0.39, 0.29) is 11.1 Å². The smallest absolute Gasteiger partial charge is 0.290 e. The van der Waals surface area contributed by atoms with Crippen molar-refractivity contribution in [1.82, 2.24) is 5.32 Å². The van der Waals surface area contributed by atoms with Gasteiger partial charge in [-0.3, -0.25) is 14.9 Å². The van der Waals surface area contributed by atoms with Gasteiger partial charge in [0.1, 0.15) is 36.1 Å². The van der Waals surface area contributed by atoms with Gasteiger partial charge in [0.25, 0.3) is 11.1 Å². The van der Waals surface area contributed by atoms with E-state index in [4.69, 9.17) is 14.2 Å². The quantitative estimate of drug-likeness (QED) is 0.239. The highest BCUT2D eigenvalue weighted by Crippen LogP contribution is 2.44. The summed E-state index contributed by atoms with van der Waals surface area (Å²) < 4.78 is 20.5. The Hall–Kier alpha value is -2.23. The predicted molar refractivity (Wildman–Crippen MR) is 159 cm³/mol. The lowest BCUT2D eigenvalue weighted by Gasteiger charge is -2.38. The number of nitrogens with one attached hydrogen (secondary N) is 1. The Morgan fingerprint density at radius 3 is 2.37 bits per heavy atom. The molecule has 2 aliphatic heterocycles. The number of fused-ring (bicyclic) bond motifs is 1. The lowest BCUT2D eigenvalue weighted by atomic mass is 9.87. The molecule has 2 aliphatic rings. The Morgan fingerprint density at radius 2 is 1.76 bits per heavy atom. The summed E-state index contributed by atoms with van der Waals surface area (Å²) in [6.45, 7) is 13.4. The number of allylic oxidation sites excluding steroid dienone is 1. The number of carbonyl (C=O) groups is 2. The molecule has 0 aliphatic carbocycles. The molecular formula is C29H31Br2NO5S. The van der Waals surface area contributed by atoms with Crippen molar-refractivity contribution < 1.29 is 23.8 Å². The van der Waals surface area contributed by atoms with E-state index in [1.807, 2.05) is 12.1 Å². The van der Waals surface area contributed by atoms with Gasteiger partial charge in [0.15, 0.2) is 0 Å². The summed E-state index contributed by atoms with van der Waals surface area (Å²) in [6.07, 6.45) is 5.44. The second-order valence-corrected chi connectivity index (χ2v) is 12.8. The van der Waals surface area contributed by atoms with E-state index in [0.29, 0.717) is 23.9 Å². The average Bonchev–Trinajstić information content (AvgIpc) is 3.15. The number of benzene rings is 2. The van der Waals surface area contributed by atoms with Crippen molar-refractivity contribution in [3.8, 4) is 17.2 Å². The number of hydrogen-bond donors (Lipinski definition) is 1. The SMILES string of the molecule is CC(C)=CCOc1c(C)c(C)c2c(c1C)CCC(C)(COc1c(Br)cc(C=C3SC(=O)NC3=O)cc1Br)O2. The van der Waals surface area contributed by atoms with E-state index in [0.717, 1.165) is 67.3 Å². The minimum Gasteiger partial charge on any atom is -0.489 e. The zero-order chi connectivity index (χ0) is 27.8. The molecule has 0 aromatic heterocycles. The monoisotopic (exact) mass is 663 g/mol. The highest BCUT2D eigenvalue weighted by atomic mass is 79.9. The molecule has 0 spiro atoms. The van der Waals surface area contributed by atoms with Gasteiger partial charge in [-0.2, -0.15) is 0 Å². The summed E-state index contributed by atoms with van der Waals surface area (Å²) in [4.78, 5) is 23.7. The van der Waals surface area contributed by atoms with Crippen LogP contribution in [0.2, 0.25) is 0 Å². The Labute approximate surface area is 244 Å². The fraction of sp³-hybridized carbons (Fsp3) is 0.379. The Kier molecular flexibility index (Phi) is 8.69. The minimum atomic E-state index is -0.514. The Balaban J connectivity index is 1.51. The Bertz CT molecular complexity index is 1360. The molecule has 4 rings (SSSR count). The van der Waals surface area contributed by atoms with Crippen molar-refractivity contribution in [2.24, 2.45) is 0 Å². The van der Waals surface area contributed by atoms with Crippen molar-refractivity contribution in [2.45, 2.75) is 60.0 Å². The average molecular weight is 665 g/mol. The largest absolute Gasteiger partial charge is 0.489 e. The van der Waals surface area contributed by atoms with E-state index in [9.17, 15) is 9.59 Å². The van der Waals surface area contributed by atoms with Gasteiger partial charge in [0.2, 0.25) is 0 Å². The summed E-state index contributed by atoms with van der Waals surface area (Å²) in [7, 11) is 0. The summed E-state index contributed by atoms with van der Waals surface area (Å²) in [5.74, 6) is 2.13. The summed E-state index contributed by atoms with van der Waals surface area (Å²) in [5, 5.41) is 1.90. The Morgan fingerprint density at radius 1 is 1.08 bits per heavy atom. The molecule has 2 heterocycles. The van der Waals surface area contributed by atoms with Crippen LogP contribution in [0.4, 0.5) is 4.79 Å². The predicted octanol–water partition coefficient (Wildman–Crippen LogP) is 7.97. The van der Waals surface area contributed by atoms with Crippen molar-refractivity contribution in [1.29, 1.82) is 0 Å². The molecule has 0 bridgehead atoms. The first-order valence-corrected chi connectivity index (χ1v) is 14.7. The van der Waals surface area contributed by atoms with Crippen LogP contribution in [0.5, 0.6) is 17.2 Å². The van der Waals surface area contributed by atoms with Crippen LogP contribution in [0.25, 0.3) is 6.08 Å². The van der Waals surface area contributed by atoms with Gasteiger partial charge in [0.05, 0.1) is 13.9 Å². The molecule has 0 saturated carbocycles. The van der Waals surface area contributed by atoms with Crippen molar-refractivity contribution in [3.63, 3.8) is 0 Å². The third-order valence-corrected chi connectivity index (χ3v) is 8.75. The van der Waals surface area contributed by atoms with Gasteiger partial charge in [0, 0.05) is 5.56 Å². The van der Waals surface area contributed by atoms with Gasteiger partial charge in [-0.25, -0.2) is 0 Å². The van der Waals surface area contributed by atoms with E-state index < -0.39 is 5.60 Å². The van der Waals surface area contributed by atoms with Crippen molar-refractivity contribution in [2.75, 3.05) is 13.2 Å². The van der Waals surface area contributed by atoms with Crippen LogP contribution in [0.1, 0.15) is 55.0 Å². The van der Waals surface area contributed by atoms with Crippen molar-refractivity contribution >= 4 is 60.8 Å². The van der Waals surface area contributed by atoms with Crippen LogP contribution in [0.15, 0.2) is 37.6 Å². The van der Waals surface area contributed by atoms with Crippen LogP contribution < -0.4 is 19.5 Å². The first-order valence-electron chi connectivity index (χ1n) is 12.3. The molecule has 2 amide bonds. The van der Waals surface area contributed by atoms with E-state index in [2.05, 4.69) is 84.8 Å². The maximum Gasteiger partial charge on any atom is 0.290 e. The number of imide groups is 1. The standard InChI is InChI=1S/C29H31Br2NO5S/c1-15(2)8-10-35-24-16(3)17(4)25-20(18(24)5)7-9-29(6,37-25)14-36-26-21(30)11-19(12-22(26)31)13-23-27(33)32-28(34)38-23/h8,11-13H,7,9-10,14H2,1-6H3,(H,32,33,34). The second-order valence-electron chi connectivity index (χ2n) is 10.1. The maximum absolute atomic E-state index is 11.9. The molecule has 1 saturated heterocycles. The molecule has 2 aromatic carbocycles. The lowest BCUT2D eigenvalue weighted by molar-refractivity contribution is -0.115. The molecule has 1 unspecified atom stereocenters. The zero-order valence-corrected chi connectivity index (χ0v) is 26.3. The van der Waals surface area contributed by atoms with Crippen molar-refractivity contribution in [3.05, 3.63) is 65.4 Å². The third kappa shape index (κ3) is 6.15. The molecule has 202 valence electrons. The van der Waals surface area contributed by atoms with Gasteiger partial charge in [-0.1, -0.05) is 5.57 Å². The van der Waals surface area contributed by atoms with E-state index in [1.54, 1.807) is 6.08 Å². The third-order valence-electron chi connectivity index (χ3n) is 6.76. The molecule has 1 fully saturated rings. The molecule has 2 aromatic rings. The molecule has 6 nitrogen and oxygen atoms in total. The van der Waals surface area contributed by atoms with Gasteiger partial charge in [-0.15, -0.1) is 0 Å². The fourth-order valence-corrected chi connectivity index (χ4v) is 6.62. The van der Waals surface area contributed by atoms with E-state index in [1.165, 1.54) is 11.1 Å². The summed E-state index contributed by atoms with van der Waals surface area (Å²) in [6, 6.07) is 3.72. The first kappa shape index (κ1) is 28.8. The van der Waals surface area contributed by atoms with Crippen LogP contribution >= 0.6 is 43.6 Å². The van der Waals surface area contributed by atoms with Gasteiger partial charge in [-0.05, 0) is 145 Å². The molecule has 1 N–H and O–H groups in total.